The van der Waals surface area contributed by atoms with E-state index in [0.29, 0.717) is 6.42 Å². The first-order valence-corrected chi connectivity index (χ1v) is 7.18. The zero-order valence-electron chi connectivity index (χ0n) is 11.7. The van der Waals surface area contributed by atoms with Crippen LogP contribution >= 0.6 is 0 Å². The highest BCUT2D eigenvalue weighted by atomic mass is 19.1. The van der Waals surface area contributed by atoms with Crippen LogP contribution in [0.2, 0.25) is 0 Å². The second-order valence-electron chi connectivity index (χ2n) is 5.58. The minimum absolute atomic E-state index is 0.00317. The molecule has 21 heavy (non-hydrogen) atoms. The topological polar surface area (TPSA) is 17.1 Å². The molecule has 0 amide bonds. The molecular weight excluding hydrogens is 270 g/mol. The number of hydrogen-bond donors (Lipinski definition) is 0. The molecule has 1 nitrogen and oxygen atoms in total. The second kappa shape index (κ2) is 5.76. The quantitative estimate of drug-likeness (QED) is 0.835. The number of benzene rings is 2. The second-order valence-corrected chi connectivity index (χ2v) is 5.58. The molecule has 0 fully saturated rings. The first-order valence-electron chi connectivity index (χ1n) is 7.18. The largest absolute Gasteiger partial charge is 0.299 e. The normalized spacial score (nSPS) is 13.2. The van der Waals surface area contributed by atoms with Crippen molar-refractivity contribution in [2.45, 2.75) is 32.1 Å². The van der Waals surface area contributed by atoms with Crippen LogP contribution in [0.4, 0.5) is 8.78 Å². The lowest BCUT2D eigenvalue weighted by Gasteiger charge is -2.06. The average Bonchev–Trinajstić information content (AvgIpc) is 2.89. The summed E-state index contributed by atoms with van der Waals surface area (Å²) >= 11 is 0. The summed E-state index contributed by atoms with van der Waals surface area (Å²) in [6.45, 7) is 0. The van der Waals surface area contributed by atoms with Crippen molar-refractivity contribution < 1.29 is 13.6 Å². The Bertz CT molecular complexity index is 692. The molecule has 0 aromatic heterocycles. The number of Topliss-reactive ketones (excluding diaryl/α,β-unsaturated/α-hetero) is 1. The molecule has 0 aliphatic heterocycles. The average molecular weight is 286 g/mol. The Balaban J connectivity index is 1.69. The molecule has 2 aromatic rings. The number of ketones is 1. The maximum atomic E-state index is 13.5. The van der Waals surface area contributed by atoms with Gasteiger partial charge in [-0.25, -0.2) is 8.78 Å². The standard InChI is InChI=1S/C18H16F2O/c19-16-7-6-15(18(20)11-16)10-17(21)9-12-4-5-13-2-1-3-14(13)8-12/h4-8,11H,1-3,9-10H2. The van der Waals surface area contributed by atoms with E-state index in [0.717, 1.165) is 24.5 Å². The van der Waals surface area contributed by atoms with Gasteiger partial charge >= 0.3 is 0 Å². The fourth-order valence-electron chi connectivity index (χ4n) is 2.90. The van der Waals surface area contributed by atoms with Crippen molar-refractivity contribution in [2.75, 3.05) is 0 Å². The van der Waals surface area contributed by atoms with Crippen LogP contribution in [0.15, 0.2) is 36.4 Å². The summed E-state index contributed by atoms with van der Waals surface area (Å²) in [5.74, 6) is -1.34. The van der Waals surface area contributed by atoms with E-state index in [1.54, 1.807) is 0 Å². The molecule has 1 aliphatic rings. The molecule has 3 rings (SSSR count). The summed E-state index contributed by atoms with van der Waals surface area (Å²) in [5.41, 5.74) is 3.93. The van der Waals surface area contributed by atoms with Crippen molar-refractivity contribution >= 4 is 5.78 Å². The number of halogens is 2. The van der Waals surface area contributed by atoms with E-state index in [-0.39, 0.29) is 17.8 Å². The van der Waals surface area contributed by atoms with Gasteiger partial charge in [0, 0.05) is 18.9 Å². The van der Waals surface area contributed by atoms with E-state index in [2.05, 4.69) is 12.1 Å². The van der Waals surface area contributed by atoms with Crippen molar-refractivity contribution in [1.82, 2.24) is 0 Å². The number of carbonyl (C=O) groups is 1. The van der Waals surface area contributed by atoms with Gasteiger partial charge in [-0.15, -0.1) is 0 Å². The fraction of sp³-hybridized carbons (Fsp3) is 0.278. The molecule has 3 heteroatoms. The van der Waals surface area contributed by atoms with Gasteiger partial charge in [0.15, 0.2) is 0 Å². The van der Waals surface area contributed by atoms with Crippen molar-refractivity contribution in [2.24, 2.45) is 0 Å². The maximum Gasteiger partial charge on any atom is 0.141 e. The molecule has 0 heterocycles. The van der Waals surface area contributed by atoms with Gasteiger partial charge in [0.05, 0.1) is 0 Å². The Hall–Kier alpha value is -2.03. The zero-order valence-corrected chi connectivity index (χ0v) is 11.7. The van der Waals surface area contributed by atoms with Crippen molar-refractivity contribution in [3.05, 3.63) is 70.3 Å². The summed E-state index contributed by atoms with van der Waals surface area (Å²) in [4.78, 5) is 12.1. The third kappa shape index (κ3) is 3.18. The Labute approximate surface area is 122 Å². The van der Waals surface area contributed by atoms with Crippen LogP contribution in [0.25, 0.3) is 0 Å². The Morgan fingerprint density at radius 1 is 0.952 bits per heavy atom. The Morgan fingerprint density at radius 2 is 1.76 bits per heavy atom. The van der Waals surface area contributed by atoms with Crippen molar-refractivity contribution in [1.29, 1.82) is 0 Å². The summed E-state index contributed by atoms with van der Waals surface area (Å²) in [7, 11) is 0. The molecule has 2 aromatic carbocycles. The van der Waals surface area contributed by atoms with E-state index in [4.69, 9.17) is 0 Å². The fourth-order valence-corrected chi connectivity index (χ4v) is 2.90. The Kier molecular flexibility index (Phi) is 3.82. The molecule has 0 atom stereocenters. The zero-order chi connectivity index (χ0) is 14.8. The summed E-state index contributed by atoms with van der Waals surface area (Å²) in [5, 5.41) is 0. The molecule has 108 valence electrons. The number of hydrogen-bond acceptors (Lipinski definition) is 1. The molecular formula is C18H16F2O. The van der Waals surface area contributed by atoms with E-state index >= 15 is 0 Å². The van der Waals surface area contributed by atoms with E-state index in [1.807, 2.05) is 6.07 Å². The van der Waals surface area contributed by atoms with Gasteiger partial charge < -0.3 is 0 Å². The minimum atomic E-state index is -0.655. The monoisotopic (exact) mass is 286 g/mol. The predicted molar refractivity (Wildman–Crippen MR) is 77.2 cm³/mol. The van der Waals surface area contributed by atoms with Crippen LogP contribution in [0.3, 0.4) is 0 Å². The molecule has 0 N–H and O–H groups in total. The first kappa shape index (κ1) is 13.9. The number of carbonyl (C=O) groups excluding carboxylic acids is 1. The highest BCUT2D eigenvalue weighted by molar-refractivity contribution is 5.83. The first-order chi connectivity index (χ1) is 10.1. The minimum Gasteiger partial charge on any atom is -0.299 e. The van der Waals surface area contributed by atoms with Crippen LogP contribution < -0.4 is 0 Å². The van der Waals surface area contributed by atoms with E-state index < -0.39 is 11.6 Å². The maximum absolute atomic E-state index is 13.5. The van der Waals surface area contributed by atoms with E-state index in [9.17, 15) is 13.6 Å². The molecule has 1 aliphatic carbocycles. The number of rotatable bonds is 4. The third-order valence-corrected chi connectivity index (χ3v) is 3.97. The van der Waals surface area contributed by atoms with Gasteiger partial charge in [-0.05, 0) is 47.6 Å². The van der Waals surface area contributed by atoms with Gasteiger partial charge in [-0.3, -0.25) is 4.79 Å². The van der Waals surface area contributed by atoms with Crippen LogP contribution in [0.1, 0.15) is 28.7 Å². The molecule has 0 spiro atoms. The highest BCUT2D eigenvalue weighted by Gasteiger charge is 2.13. The lowest BCUT2D eigenvalue weighted by molar-refractivity contribution is -0.117. The SMILES string of the molecule is O=C(Cc1ccc2c(c1)CCC2)Cc1ccc(F)cc1F. The third-order valence-electron chi connectivity index (χ3n) is 3.97. The van der Waals surface area contributed by atoms with Crippen LogP contribution in [-0.4, -0.2) is 5.78 Å². The van der Waals surface area contributed by atoms with Gasteiger partial charge in [0.1, 0.15) is 17.4 Å². The van der Waals surface area contributed by atoms with Crippen LogP contribution in [0, 0.1) is 11.6 Å². The molecule has 0 saturated heterocycles. The summed E-state index contributed by atoms with van der Waals surface area (Å²) in [6, 6.07) is 9.48. The van der Waals surface area contributed by atoms with Gasteiger partial charge in [-0.2, -0.15) is 0 Å². The van der Waals surface area contributed by atoms with Crippen molar-refractivity contribution in [3.8, 4) is 0 Å². The van der Waals surface area contributed by atoms with Crippen LogP contribution in [-0.2, 0) is 30.5 Å². The van der Waals surface area contributed by atoms with Gasteiger partial charge in [0.2, 0.25) is 0 Å². The Morgan fingerprint density at radius 3 is 2.57 bits per heavy atom. The lowest BCUT2D eigenvalue weighted by atomic mass is 9.99. The summed E-state index contributed by atoms with van der Waals surface area (Å²) in [6.07, 6.45) is 3.66. The molecule has 0 unspecified atom stereocenters. The smallest absolute Gasteiger partial charge is 0.141 e. The molecule has 0 saturated carbocycles. The summed E-state index contributed by atoms with van der Waals surface area (Å²) < 4.78 is 26.4. The lowest BCUT2D eigenvalue weighted by Crippen LogP contribution is -2.08. The van der Waals surface area contributed by atoms with E-state index in [1.165, 1.54) is 29.7 Å². The highest BCUT2D eigenvalue weighted by Crippen LogP contribution is 2.23. The van der Waals surface area contributed by atoms with Crippen molar-refractivity contribution in [3.63, 3.8) is 0 Å². The van der Waals surface area contributed by atoms with Crippen LogP contribution in [0.5, 0.6) is 0 Å². The molecule has 0 radical (unpaired) electrons. The molecule has 0 bridgehead atoms. The number of fused-ring (bicyclic) bond motifs is 1. The number of aryl methyl sites for hydroxylation is 2. The van der Waals surface area contributed by atoms with Gasteiger partial charge in [-0.1, -0.05) is 24.3 Å². The van der Waals surface area contributed by atoms with Gasteiger partial charge in [0.25, 0.3) is 0 Å². The predicted octanol–water partition coefficient (Wildman–Crippen LogP) is 3.81.